The molecule has 27 heavy (non-hydrogen) atoms. The van der Waals surface area contributed by atoms with Gasteiger partial charge in [-0.15, -0.1) is 0 Å². The van der Waals surface area contributed by atoms with Crippen molar-refractivity contribution in [3.05, 3.63) is 59.7 Å². The van der Waals surface area contributed by atoms with E-state index in [4.69, 9.17) is 5.73 Å². The van der Waals surface area contributed by atoms with Crippen LogP contribution < -0.4 is 11.1 Å². The zero-order chi connectivity index (χ0) is 20.0. The van der Waals surface area contributed by atoms with Crippen molar-refractivity contribution < 1.29 is 13.6 Å². The Morgan fingerprint density at radius 3 is 2.26 bits per heavy atom. The molecule has 3 N–H and O–H groups in total. The Balaban J connectivity index is 2.08. The lowest BCUT2D eigenvalue weighted by Gasteiger charge is -2.46. The van der Waals surface area contributed by atoms with Crippen LogP contribution in [0.1, 0.15) is 26.3 Å². The molecule has 1 atom stereocenters. The molecule has 1 aliphatic heterocycles. The second-order valence-electron chi connectivity index (χ2n) is 7.36. The van der Waals surface area contributed by atoms with Gasteiger partial charge in [0.2, 0.25) is 5.91 Å². The predicted molar refractivity (Wildman–Crippen MR) is 102 cm³/mol. The van der Waals surface area contributed by atoms with Gasteiger partial charge in [-0.05, 0) is 63.2 Å². The van der Waals surface area contributed by atoms with E-state index >= 15 is 0 Å². The van der Waals surface area contributed by atoms with E-state index in [9.17, 15) is 13.6 Å². The van der Waals surface area contributed by atoms with Crippen LogP contribution in [0.15, 0.2) is 47.5 Å². The van der Waals surface area contributed by atoms with Crippen molar-refractivity contribution in [3.8, 4) is 0 Å². The van der Waals surface area contributed by atoms with E-state index in [1.165, 1.54) is 23.1 Å². The van der Waals surface area contributed by atoms with Gasteiger partial charge < -0.3 is 11.1 Å². The number of amides is 1. The fourth-order valence-electron chi connectivity index (χ4n) is 3.25. The average molecular weight is 372 g/mol. The van der Waals surface area contributed by atoms with Crippen molar-refractivity contribution in [1.29, 1.82) is 0 Å². The largest absolute Gasteiger partial charge is 0.369 e. The summed E-state index contributed by atoms with van der Waals surface area (Å²) in [5, 5.41) is 3.11. The molecule has 1 aliphatic rings. The number of carbonyl (C=O) groups is 1. The second-order valence-corrected chi connectivity index (χ2v) is 7.36. The highest BCUT2D eigenvalue weighted by Crippen LogP contribution is 2.47. The van der Waals surface area contributed by atoms with Crippen LogP contribution in [0.4, 0.5) is 20.2 Å². The van der Waals surface area contributed by atoms with Crippen LogP contribution in [0.2, 0.25) is 0 Å². The van der Waals surface area contributed by atoms with E-state index in [0.29, 0.717) is 11.4 Å². The Morgan fingerprint density at radius 1 is 1.04 bits per heavy atom. The van der Waals surface area contributed by atoms with Crippen molar-refractivity contribution >= 4 is 23.2 Å². The van der Waals surface area contributed by atoms with Gasteiger partial charge in [-0.25, -0.2) is 13.8 Å². The topological polar surface area (TPSA) is 70.7 Å². The summed E-state index contributed by atoms with van der Waals surface area (Å²) in [6, 6.07) is 10.3. The van der Waals surface area contributed by atoms with Crippen LogP contribution >= 0.6 is 0 Å². The van der Waals surface area contributed by atoms with E-state index in [1.807, 2.05) is 0 Å². The zero-order valence-electron chi connectivity index (χ0n) is 15.7. The highest BCUT2D eigenvalue weighted by atomic mass is 19.1. The molecule has 0 aliphatic carbocycles. The highest BCUT2D eigenvalue weighted by molar-refractivity contribution is 6.01. The molecule has 0 spiro atoms. The Kier molecular flexibility index (Phi) is 4.41. The molecule has 0 unspecified atom stereocenters. The monoisotopic (exact) mass is 372 g/mol. The van der Waals surface area contributed by atoms with Crippen LogP contribution in [0, 0.1) is 17.0 Å². The lowest BCUT2D eigenvalue weighted by atomic mass is 9.67. The number of hydrogen-bond acceptors (Lipinski definition) is 4. The molecular formula is C20H22F2N4O. The van der Waals surface area contributed by atoms with Gasteiger partial charge in [0, 0.05) is 24.0 Å². The molecule has 0 aromatic heterocycles. The number of carbonyl (C=O) groups excluding carboxylic acids is 1. The highest BCUT2D eigenvalue weighted by Gasteiger charge is 2.53. The summed E-state index contributed by atoms with van der Waals surface area (Å²) in [6.45, 7) is 5.15. The summed E-state index contributed by atoms with van der Waals surface area (Å²) in [7, 11) is 1.55. The summed E-state index contributed by atoms with van der Waals surface area (Å²) in [5.74, 6) is -1.03. The molecule has 3 rings (SSSR count). The van der Waals surface area contributed by atoms with Crippen molar-refractivity contribution in [2.24, 2.45) is 16.1 Å². The number of guanidine groups is 1. The fourth-order valence-corrected chi connectivity index (χ4v) is 3.25. The number of hydrogen-bond donors (Lipinski definition) is 2. The standard InChI is InChI=1S/C20H22F2N4O/c1-19(2)17(27)26(4)18(23)25-20(19,3)15-11-14(9-10-16(15)22)24-13-7-5-12(21)6-8-13/h5-11,24H,1-4H3,(H2,23,25)/t20-/m1/s1. The smallest absolute Gasteiger partial charge is 0.237 e. The number of nitrogens with one attached hydrogen (secondary N) is 1. The van der Waals surface area contributed by atoms with Gasteiger partial charge in [0.15, 0.2) is 5.96 Å². The minimum atomic E-state index is -1.19. The van der Waals surface area contributed by atoms with Gasteiger partial charge in [0.1, 0.15) is 17.2 Å². The zero-order valence-corrected chi connectivity index (χ0v) is 15.7. The molecule has 0 bridgehead atoms. The summed E-state index contributed by atoms with van der Waals surface area (Å²) in [5.41, 5.74) is 5.21. The lowest BCUT2D eigenvalue weighted by molar-refractivity contribution is -0.140. The van der Waals surface area contributed by atoms with Crippen LogP contribution in [-0.2, 0) is 10.3 Å². The first-order valence-electron chi connectivity index (χ1n) is 8.52. The third-order valence-electron chi connectivity index (χ3n) is 5.36. The van der Waals surface area contributed by atoms with Gasteiger partial charge in [0.25, 0.3) is 0 Å². The lowest BCUT2D eigenvalue weighted by Crippen LogP contribution is -2.58. The maximum absolute atomic E-state index is 14.8. The van der Waals surface area contributed by atoms with Crippen molar-refractivity contribution in [2.45, 2.75) is 26.3 Å². The van der Waals surface area contributed by atoms with E-state index in [1.54, 1.807) is 52.1 Å². The maximum atomic E-state index is 14.8. The molecule has 0 saturated heterocycles. The van der Waals surface area contributed by atoms with Crippen LogP contribution in [-0.4, -0.2) is 23.8 Å². The van der Waals surface area contributed by atoms with E-state index in [0.717, 1.165) is 0 Å². The van der Waals surface area contributed by atoms with E-state index in [-0.39, 0.29) is 23.2 Å². The summed E-state index contributed by atoms with van der Waals surface area (Å²) >= 11 is 0. The first-order chi connectivity index (χ1) is 12.6. The number of nitrogens with two attached hydrogens (primary N) is 1. The fraction of sp³-hybridized carbons (Fsp3) is 0.300. The van der Waals surface area contributed by atoms with Gasteiger partial charge in [0.05, 0.1) is 5.41 Å². The van der Waals surface area contributed by atoms with Crippen LogP contribution in [0.25, 0.3) is 0 Å². The Labute approximate surface area is 156 Å². The molecule has 2 aromatic rings. The van der Waals surface area contributed by atoms with Crippen LogP contribution in [0.3, 0.4) is 0 Å². The molecule has 5 nitrogen and oxygen atoms in total. The van der Waals surface area contributed by atoms with Gasteiger partial charge >= 0.3 is 0 Å². The van der Waals surface area contributed by atoms with Crippen molar-refractivity contribution in [1.82, 2.24) is 4.90 Å². The second kappa shape index (κ2) is 6.33. The molecule has 7 heteroatoms. The first-order valence-corrected chi connectivity index (χ1v) is 8.52. The molecule has 1 amide bonds. The molecule has 0 radical (unpaired) electrons. The Hall–Kier alpha value is -2.96. The number of anilines is 2. The van der Waals surface area contributed by atoms with Crippen LogP contribution in [0.5, 0.6) is 0 Å². The number of aliphatic imine (C=N–C) groups is 1. The summed E-state index contributed by atoms with van der Waals surface area (Å²) in [6.07, 6.45) is 0. The van der Waals surface area contributed by atoms with E-state index in [2.05, 4.69) is 10.3 Å². The third-order valence-corrected chi connectivity index (χ3v) is 5.36. The average Bonchev–Trinajstić information content (AvgIpc) is 2.62. The molecule has 0 fully saturated rings. The molecule has 2 aromatic carbocycles. The number of nitrogens with zero attached hydrogens (tertiary/aromatic N) is 2. The minimum absolute atomic E-state index is 0.0399. The van der Waals surface area contributed by atoms with E-state index < -0.39 is 16.8 Å². The predicted octanol–water partition coefficient (Wildman–Crippen LogP) is 3.74. The summed E-state index contributed by atoms with van der Waals surface area (Å²) in [4.78, 5) is 18.5. The molecule has 0 saturated carbocycles. The molecular weight excluding hydrogens is 350 g/mol. The van der Waals surface area contributed by atoms with Gasteiger partial charge in [-0.2, -0.15) is 0 Å². The van der Waals surface area contributed by atoms with Crippen molar-refractivity contribution in [3.63, 3.8) is 0 Å². The molecule has 142 valence electrons. The third kappa shape index (κ3) is 3.03. The van der Waals surface area contributed by atoms with Gasteiger partial charge in [-0.1, -0.05) is 0 Å². The number of benzene rings is 2. The Bertz CT molecular complexity index is 924. The normalized spacial score (nSPS) is 21.8. The minimum Gasteiger partial charge on any atom is -0.369 e. The SMILES string of the molecule is CN1C(=O)C(C)(C)[C@@](C)(c2cc(Nc3ccc(F)cc3)ccc2F)N=C1N. The number of halogens is 2. The maximum Gasteiger partial charge on any atom is 0.237 e. The Morgan fingerprint density at radius 2 is 1.63 bits per heavy atom. The summed E-state index contributed by atoms with van der Waals surface area (Å²) < 4.78 is 27.9. The van der Waals surface area contributed by atoms with Crippen molar-refractivity contribution in [2.75, 3.05) is 12.4 Å². The number of rotatable bonds is 3. The quantitative estimate of drug-likeness (QED) is 0.862. The first kappa shape index (κ1) is 18.8. The molecule has 1 heterocycles. The van der Waals surface area contributed by atoms with Gasteiger partial charge in [-0.3, -0.25) is 9.69 Å².